The highest BCUT2D eigenvalue weighted by Crippen LogP contribution is 2.25. The van der Waals surface area contributed by atoms with Crippen molar-refractivity contribution in [3.63, 3.8) is 0 Å². The summed E-state index contributed by atoms with van der Waals surface area (Å²) in [4.78, 5) is 26.0. The van der Waals surface area contributed by atoms with Crippen molar-refractivity contribution in [2.75, 3.05) is 19.7 Å². The lowest BCUT2D eigenvalue weighted by atomic mass is 9.96. The molecule has 1 aromatic heterocycles. The molecule has 7 nitrogen and oxygen atoms in total. The predicted molar refractivity (Wildman–Crippen MR) is 131 cm³/mol. The average molecular weight is 457 g/mol. The lowest BCUT2D eigenvalue weighted by Gasteiger charge is -2.30. The van der Waals surface area contributed by atoms with Crippen molar-refractivity contribution in [1.29, 1.82) is 5.26 Å². The van der Waals surface area contributed by atoms with Crippen LogP contribution >= 0.6 is 0 Å². The van der Waals surface area contributed by atoms with E-state index >= 15 is 0 Å². The van der Waals surface area contributed by atoms with E-state index in [0.29, 0.717) is 39.1 Å². The molecule has 0 atom stereocenters. The maximum Gasteiger partial charge on any atom is 0.264 e. The highest BCUT2D eigenvalue weighted by atomic mass is 16.5. The third-order valence-corrected chi connectivity index (χ3v) is 6.28. The van der Waals surface area contributed by atoms with E-state index < -0.39 is 0 Å². The van der Waals surface area contributed by atoms with Crippen LogP contribution in [0.15, 0.2) is 60.3 Å². The van der Waals surface area contributed by atoms with Crippen LogP contribution in [-0.2, 0) is 16.1 Å². The number of likely N-dealkylation sites (tertiary alicyclic amines) is 1. The summed E-state index contributed by atoms with van der Waals surface area (Å²) >= 11 is 0. The Hall–Kier alpha value is -4.05. The first kappa shape index (κ1) is 23.1. The number of primary amides is 1. The molecule has 4 rings (SSSR count). The van der Waals surface area contributed by atoms with Crippen LogP contribution in [0.3, 0.4) is 0 Å². The number of aromatic nitrogens is 1. The first-order valence-corrected chi connectivity index (χ1v) is 11.4. The van der Waals surface area contributed by atoms with Crippen LogP contribution in [-0.4, -0.2) is 41.0 Å². The number of nitriles is 1. The zero-order chi connectivity index (χ0) is 24.1. The van der Waals surface area contributed by atoms with E-state index in [1.165, 1.54) is 5.56 Å². The Bertz CT molecular complexity index is 1260. The van der Waals surface area contributed by atoms with Crippen molar-refractivity contribution < 1.29 is 14.3 Å². The van der Waals surface area contributed by atoms with Crippen LogP contribution in [0.25, 0.3) is 17.0 Å². The van der Waals surface area contributed by atoms with Gasteiger partial charge in [0.05, 0.1) is 6.54 Å². The second kappa shape index (κ2) is 10.3. The zero-order valence-corrected chi connectivity index (χ0v) is 19.2. The average Bonchev–Trinajstić information content (AvgIpc) is 3.20. The molecule has 1 aliphatic heterocycles. The van der Waals surface area contributed by atoms with Gasteiger partial charge in [-0.05, 0) is 44.0 Å². The molecule has 2 N–H and O–H groups in total. The number of benzene rings is 2. The van der Waals surface area contributed by atoms with E-state index in [0.717, 1.165) is 22.2 Å². The Morgan fingerprint density at radius 2 is 1.85 bits per heavy atom. The van der Waals surface area contributed by atoms with Crippen molar-refractivity contribution in [3.05, 3.63) is 71.4 Å². The molecule has 1 fully saturated rings. The third kappa shape index (κ3) is 5.12. The Morgan fingerprint density at radius 1 is 1.15 bits per heavy atom. The van der Waals surface area contributed by atoms with Gasteiger partial charge in [-0.25, -0.2) is 0 Å². The quantitative estimate of drug-likeness (QED) is 0.433. The molecule has 2 heterocycles. The minimum Gasteiger partial charge on any atom is -0.492 e. The van der Waals surface area contributed by atoms with Crippen molar-refractivity contribution in [2.24, 2.45) is 11.7 Å². The molecule has 3 aromatic rings. The van der Waals surface area contributed by atoms with E-state index in [1.54, 1.807) is 11.0 Å². The summed E-state index contributed by atoms with van der Waals surface area (Å²) in [5.74, 6) is -0.0365. The van der Waals surface area contributed by atoms with Crippen LogP contribution in [0, 0.1) is 24.2 Å². The van der Waals surface area contributed by atoms with E-state index in [1.807, 2.05) is 61.7 Å². The molecule has 0 unspecified atom stereocenters. The molecule has 0 aliphatic carbocycles. The van der Waals surface area contributed by atoms with Crippen molar-refractivity contribution in [1.82, 2.24) is 9.47 Å². The maximum atomic E-state index is 13.0. The number of fused-ring (bicyclic) bond motifs is 1. The molecular formula is C27H28N4O3. The smallest absolute Gasteiger partial charge is 0.264 e. The molecule has 1 aliphatic rings. The number of aryl methyl sites for hydroxylation is 1. The van der Waals surface area contributed by atoms with E-state index in [-0.39, 0.29) is 23.3 Å². The molecule has 7 heteroatoms. The van der Waals surface area contributed by atoms with Crippen molar-refractivity contribution in [3.8, 4) is 11.8 Å². The number of amides is 2. The molecule has 34 heavy (non-hydrogen) atoms. The summed E-state index contributed by atoms with van der Waals surface area (Å²) in [6, 6.07) is 17.9. The molecule has 0 saturated carbocycles. The fourth-order valence-electron chi connectivity index (χ4n) is 4.31. The number of nitrogens with zero attached hydrogens (tertiary/aromatic N) is 3. The van der Waals surface area contributed by atoms with Crippen molar-refractivity contribution >= 4 is 28.8 Å². The van der Waals surface area contributed by atoms with Crippen molar-refractivity contribution in [2.45, 2.75) is 26.3 Å². The number of carbonyl (C=O) groups excluding carboxylic acids is 2. The molecule has 0 spiro atoms. The third-order valence-electron chi connectivity index (χ3n) is 6.28. The first-order valence-electron chi connectivity index (χ1n) is 11.4. The summed E-state index contributed by atoms with van der Waals surface area (Å²) in [6.45, 7) is 3.99. The van der Waals surface area contributed by atoms with Gasteiger partial charge in [-0.15, -0.1) is 0 Å². The summed E-state index contributed by atoms with van der Waals surface area (Å²) < 4.78 is 7.96. The predicted octanol–water partition coefficient (Wildman–Crippen LogP) is 3.66. The van der Waals surface area contributed by atoms with Gasteiger partial charge in [0.25, 0.3) is 5.91 Å². The van der Waals surface area contributed by atoms with Gasteiger partial charge in [0.2, 0.25) is 5.91 Å². The van der Waals surface area contributed by atoms with Crippen LogP contribution in [0.2, 0.25) is 0 Å². The van der Waals surface area contributed by atoms with Gasteiger partial charge in [-0.1, -0.05) is 35.9 Å². The summed E-state index contributed by atoms with van der Waals surface area (Å²) in [5.41, 5.74) is 8.46. The lowest BCUT2D eigenvalue weighted by Crippen LogP contribution is -2.42. The van der Waals surface area contributed by atoms with Crippen LogP contribution < -0.4 is 10.5 Å². The number of hydrogen-bond donors (Lipinski definition) is 1. The number of para-hydroxylation sites is 1. The zero-order valence-electron chi connectivity index (χ0n) is 19.2. The Morgan fingerprint density at radius 3 is 2.53 bits per heavy atom. The van der Waals surface area contributed by atoms with Gasteiger partial charge >= 0.3 is 0 Å². The minimum atomic E-state index is -0.331. The molecular weight excluding hydrogens is 428 g/mol. The van der Waals surface area contributed by atoms with E-state index in [2.05, 4.69) is 10.6 Å². The van der Waals surface area contributed by atoms with Gasteiger partial charge in [-0.3, -0.25) is 9.59 Å². The first-order chi connectivity index (χ1) is 16.5. The highest BCUT2D eigenvalue weighted by Gasteiger charge is 2.27. The minimum absolute atomic E-state index is 0.0799. The Kier molecular flexibility index (Phi) is 6.98. The second-order valence-corrected chi connectivity index (χ2v) is 8.60. The van der Waals surface area contributed by atoms with Gasteiger partial charge in [-0.2, -0.15) is 5.26 Å². The summed E-state index contributed by atoms with van der Waals surface area (Å²) in [6.07, 6.45) is 4.66. The lowest BCUT2D eigenvalue weighted by molar-refractivity contribution is -0.131. The molecule has 1 saturated heterocycles. The molecule has 0 radical (unpaired) electrons. The number of carbonyl (C=O) groups is 2. The number of nitrogens with two attached hydrogens (primary N) is 1. The van der Waals surface area contributed by atoms with Gasteiger partial charge in [0.1, 0.15) is 24.0 Å². The maximum absolute atomic E-state index is 13.0. The van der Waals surface area contributed by atoms with Gasteiger partial charge in [0.15, 0.2) is 0 Å². The fraction of sp³-hybridized carbons (Fsp3) is 0.296. The van der Waals surface area contributed by atoms with Crippen LogP contribution in [0.4, 0.5) is 0 Å². The van der Waals surface area contributed by atoms with Gasteiger partial charge < -0.3 is 19.9 Å². The van der Waals surface area contributed by atoms with Crippen LogP contribution in [0.5, 0.6) is 5.75 Å². The Balaban J connectivity index is 1.51. The molecule has 174 valence electrons. The fourth-order valence-corrected chi connectivity index (χ4v) is 4.31. The molecule has 0 bridgehead atoms. The SMILES string of the molecule is Cc1ccc(OCCn2cc(C=C(C#N)C(=O)N3CCC(C(N)=O)CC3)c3ccccc32)cc1. The molecule has 2 amide bonds. The van der Waals surface area contributed by atoms with Gasteiger partial charge in [0, 0.05) is 41.7 Å². The second-order valence-electron chi connectivity index (χ2n) is 8.60. The number of ether oxygens (including phenoxy) is 1. The largest absolute Gasteiger partial charge is 0.492 e. The standard InChI is InChI=1S/C27H28N4O3/c1-19-6-8-23(9-7-19)34-15-14-31-18-22(24-4-2-3-5-25(24)31)16-21(17-28)27(33)30-12-10-20(11-13-30)26(29)32/h2-9,16,18,20H,10-15H2,1H3,(H2,29,32). The number of hydrogen-bond acceptors (Lipinski definition) is 4. The number of rotatable bonds is 7. The summed E-state index contributed by atoms with van der Waals surface area (Å²) in [5, 5.41) is 10.7. The monoisotopic (exact) mass is 456 g/mol. The molecule has 2 aromatic carbocycles. The normalized spacial score (nSPS) is 14.7. The highest BCUT2D eigenvalue weighted by molar-refractivity contribution is 6.04. The topological polar surface area (TPSA) is 101 Å². The van der Waals surface area contributed by atoms with Crippen LogP contribution in [0.1, 0.15) is 24.0 Å². The Labute approximate surface area is 199 Å². The number of piperidine rings is 1. The summed E-state index contributed by atoms with van der Waals surface area (Å²) in [7, 11) is 0. The van der Waals surface area contributed by atoms with E-state index in [4.69, 9.17) is 10.5 Å². The van der Waals surface area contributed by atoms with E-state index in [9.17, 15) is 14.9 Å².